The van der Waals surface area contributed by atoms with Crippen molar-refractivity contribution < 1.29 is 14.3 Å². The third-order valence-corrected chi connectivity index (χ3v) is 7.77. The molecule has 0 radical (unpaired) electrons. The van der Waals surface area contributed by atoms with Crippen LogP contribution in [0.15, 0.2) is 54.7 Å². The van der Waals surface area contributed by atoms with Gasteiger partial charge in [-0.2, -0.15) is 0 Å². The van der Waals surface area contributed by atoms with E-state index in [0.717, 1.165) is 0 Å². The first-order chi connectivity index (χ1) is 19.1. The zero-order chi connectivity index (χ0) is 28.5. The first kappa shape index (κ1) is 26.2. The van der Waals surface area contributed by atoms with Crippen LogP contribution < -0.4 is 19.9 Å². The number of carbonyl (C=O) groups is 2. The van der Waals surface area contributed by atoms with Crippen molar-refractivity contribution >= 4 is 52.2 Å². The third kappa shape index (κ3) is 3.54. The average Bonchev–Trinajstić information content (AvgIpc) is 3.52. The van der Waals surface area contributed by atoms with Crippen molar-refractivity contribution in [2.24, 2.45) is 0 Å². The number of ether oxygens (including phenoxy) is 1. The minimum atomic E-state index is -1.56. The number of nitrogens with one attached hydrogen (secondary N) is 1. The molecule has 4 aromatic rings. The summed E-state index contributed by atoms with van der Waals surface area (Å²) in [6.45, 7) is 3.96. The number of imidazole rings is 1. The van der Waals surface area contributed by atoms with Gasteiger partial charge in [0.2, 0.25) is 0 Å². The molecule has 0 unspecified atom stereocenters. The number of amides is 2. The van der Waals surface area contributed by atoms with E-state index in [1.165, 1.54) is 4.90 Å². The Morgan fingerprint density at radius 1 is 1.05 bits per heavy atom. The average molecular weight is 577 g/mol. The Morgan fingerprint density at radius 3 is 2.48 bits per heavy atom. The highest BCUT2D eigenvalue weighted by Crippen LogP contribution is 2.54. The van der Waals surface area contributed by atoms with Gasteiger partial charge < -0.3 is 19.5 Å². The van der Waals surface area contributed by atoms with Crippen LogP contribution in [0.5, 0.6) is 5.75 Å². The molecule has 2 aliphatic heterocycles. The Morgan fingerprint density at radius 2 is 1.80 bits per heavy atom. The molecule has 40 heavy (non-hydrogen) atoms. The van der Waals surface area contributed by atoms with E-state index in [4.69, 9.17) is 32.9 Å². The SMILES string of the molecule is COc1cc(N(C)C)ncc1-c1nc2c(n1C(C)C)[C@@]1(C(=O)Nc3cc(Cl)ccc31)N(c1cccc(Cl)c1)C2=O. The Balaban J connectivity index is 1.70. The van der Waals surface area contributed by atoms with Crippen molar-refractivity contribution in [1.29, 1.82) is 0 Å². The van der Waals surface area contributed by atoms with Crippen molar-refractivity contribution in [2.45, 2.75) is 25.4 Å². The minimum Gasteiger partial charge on any atom is -0.496 e. The van der Waals surface area contributed by atoms with Gasteiger partial charge in [0.1, 0.15) is 17.4 Å². The number of hydrogen-bond acceptors (Lipinski definition) is 6. The Bertz CT molecular complexity index is 1720. The molecule has 6 rings (SSSR count). The van der Waals surface area contributed by atoms with Crippen LogP contribution in [-0.2, 0) is 10.3 Å². The lowest BCUT2D eigenvalue weighted by atomic mass is 9.87. The minimum absolute atomic E-state index is 0.167. The van der Waals surface area contributed by atoms with E-state index in [1.807, 2.05) is 43.5 Å². The van der Waals surface area contributed by atoms with Crippen molar-refractivity contribution in [2.75, 3.05) is 36.3 Å². The van der Waals surface area contributed by atoms with Crippen LogP contribution in [-0.4, -0.2) is 47.6 Å². The predicted octanol–water partition coefficient (Wildman–Crippen LogP) is 5.76. The number of benzene rings is 2. The summed E-state index contributed by atoms with van der Waals surface area (Å²) in [6.07, 6.45) is 1.68. The standard InChI is InChI=1S/C29H26Cl2N6O3/c1-15(2)36-25-24(34-26(36)19-14-32-23(35(3)4)13-22(19)40-5)27(38)37(18-8-6-7-16(30)11-18)29(25)20-10-9-17(31)12-21(20)33-28(29)39/h6-15H,1-5H3,(H,33,39)/t29-/m0/s1. The summed E-state index contributed by atoms with van der Waals surface area (Å²) in [5.41, 5.74) is 1.26. The molecule has 2 aromatic heterocycles. The fourth-order valence-electron chi connectivity index (χ4n) is 5.65. The summed E-state index contributed by atoms with van der Waals surface area (Å²) >= 11 is 12.7. The number of rotatable bonds is 5. The summed E-state index contributed by atoms with van der Waals surface area (Å²) in [6, 6.07) is 13.7. The predicted molar refractivity (Wildman–Crippen MR) is 156 cm³/mol. The van der Waals surface area contributed by atoms with Gasteiger partial charge in [-0.3, -0.25) is 14.5 Å². The summed E-state index contributed by atoms with van der Waals surface area (Å²) < 4.78 is 7.67. The third-order valence-electron chi connectivity index (χ3n) is 7.30. The molecule has 4 heterocycles. The van der Waals surface area contributed by atoms with Gasteiger partial charge in [-0.05, 0) is 44.2 Å². The highest BCUT2D eigenvalue weighted by atomic mass is 35.5. The maximum Gasteiger partial charge on any atom is 0.280 e. The molecule has 11 heteroatoms. The summed E-state index contributed by atoms with van der Waals surface area (Å²) in [4.78, 5) is 41.4. The van der Waals surface area contributed by atoms with E-state index in [2.05, 4.69) is 10.3 Å². The number of nitrogens with zero attached hydrogens (tertiary/aromatic N) is 5. The highest BCUT2D eigenvalue weighted by Gasteiger charge is 2.64. The van der Waals surface area contributed by atoms with Crippen molar-refractivity contribution in [3.05, 3.63) is 81.7 Å². The first-order valence-corrected chi connectivity index (χ1v) is 13.4. The number of aromatic nitrogens is 3. The largest absolute Gasteiger partial charge is 0.496 e. The fraction of sp³-hybridized carbons (Fsp3) is 0.241. The molecule has 2 aliphatic rings. The van der Waals surface area contributed by atoms with Gasteiger partial charge in [-0.25, -0.2) is 9.97 Å². The zero-order valence-electron chi connectivity index (χ0n) is 22.5. The number of pyridine rings is 1. The Hall–Kier alpha value is -4.08. The number of carbonyl (C=O) groups excluding carboxylic acids is 2. The van der Waals surface area contributed by atoms with E-state index in [1.54, 1.807) is 55.8 Å². The molecule has 0 saturated carbocycles. The van der Waals surface area contributed by atoms with Gasteiger partial charge >= 0.3 is 0 Å². The van der Waals surface area contributed by atoms with E-state index in [0.29, 0.717) is 55.6 Å². The van der Waals surface area contributed by atoms with Crippen LogP contribution >= 0.6 is 23.2 Å². The molecule has 0 bridgehead atoms. The number of hydrogen-bond donors (Lipinski definition) is 1. The lowest BCUT2D eigenvalue weighted by Crippen LogP contribution is -2.51. The van der Waals surface area contributed by atoms with Crippen LogP contribution in [0.2, 0.25) is 10.0 Å². The van der Waals surface area contributed by atoms with Crippen molar-refractivity contribution in [3.8, 4) is 17.1 Å². The van der Waals surface area contributed by atoms with Crippen molar-refractivity contribution in [3.63, 3.8) is 0 Å². The van der Waals surface area contributed by atoms with Crippen LogP contribution in [0, 0.1) is 0 Å². The first-order valence-electron chi connectivity index (χ1n) is 12.7. The van der Waals surface area contributed by atoms with Crippen LogP contribution in [0.25, 0.3) is 11.4 Å². The quantitative estimate of drug-likeness (QED) is 0.324. The molecule has 1 N–H and O–H groups in total. The normalized spacial score (nSPS) is 17.4. The van der Waals surface area contributed by atoms with Gasteiger partial charge in [0.25, 0.3) is 11.8 Å². The van der Waals surface area contributed by atoms with E-state index in [-0.39, 0.29) is 11.7 Å². The van der Waals surface area contributed by atoms with Gasteiger partial charge in [0.05, 0.1) is 18.4 Å². The number of anilines is 3. The Kier molecular flexibility index (Phi) is 6.05. The van der Waals surface area contributed by atoms with Gasteiger partial charge in [-0.1, -0.05) is 35.3 Å². The topological polar surface area (TPSA) is 92.6 Å². The van der Waals surface area contributed by atoms with E-state index < -0.39 is 17.4 Å². The summed E-state index contributed by atoms with van der Waals surface area (Å²) in [5.74, 6) is 0.909. The number of methoxy groups -OCH3 is 1. The summed E-state index contributed by atoms with van der Waals surface area (Å²) in [7, 11) is 5.35. The Labute approximate surface area is 241 Å². The molecule has 2 aromatic carbocycles. The molecular formula is C29H26Cl2N6O3. The van der Waals surface area contributed by atoms with E-state index >= 15 is 0 Å². The lowest BCUT2D eigenvalue weighted by molar-refractivity contribution is -0.119. The summed E-state index contributed by atoms with van der Waals surface area (Å²) in [5, 5.41) is 3.87. The molecule has 9 nitrogen and oxygen atoms in total. The van der Waals surface area contributed by atoms with Crippen molar-refractivity contribution in [1.82, 2.24) is 14.5 Å². The van der Waals surface area contributed by atoms with Crippen LogP contribution in [0.1, 0.15) is 41.6 Å². The van der Waals surface area contributed by atoms with Gasteiger partial charge in [0, 0.05) is 59.4 Å². The second-order valence-corrected chi connectivity index (χ2v) is 11.1. The van der Waals surface area contributed by atoms with E-state index in [9.17, 15) is 9.59 Å². The lowest BCUT2D eigenvalue weighted by Gasteiger charge is -2.35. The fourth-order valence-corrected chi connectivity index (χ4v) is 6.00. The van der Waals surface area contributed by atoms with Crippen LogP contribution in [0.3, 0.4) is 0 Å². The molecule has 2 amide bonds. The zero-order valence-corrected chi connectivity index (χ0v) is 24.0. The monoisotopic (exact) mass is 576 g/mol. The molecular weight excluding hydrogens is 551 g/mol. The molecule has 0 saturated heterocycles. The van der Waals surface area contributed by atoms with Gasteiger partial charge in [-0.15, -0.1) is 0 Å². The second kappa shape index (κ2) is 9.25. The van der Waals surface area contributed by atoms with Crippen LogP contribution in [0.4, 0.5) is 17.2 Å². The second-order valence-electron chi connectivity index (χ2n) is 10.2. The molecule has 0 aliphatic carbocycles. The maximum absolute atomic E-state index is 14.4. The number of fused-ring (bicyclic) bond motifs is 4. The smallest absolute Gasteiger partial charge is 0.280 e. The molecule has 1 spiro atoms. The highest BCUT2D eigenvalue weighted by molar-refractivity contribution is 6.32. The molecule has 204 valence electrons. The number of halogens is 2. The maximum atomic E-state index is 14.4. The van der Waals surface area contributed by atoms with Gasteiger partial charge in [0.15, 0.2) is 11.2 Å². The molecule has 1 atom stereocenters. The molecule has 0 fully saturated rings.